The number of sulfonamides is 1. The number of nitrogens with one attached hydrogen (secondary N) is 2. The maximum absolute atomic E-state index is 12.7. The summed E-state index contributed by atoms with van der Waals surface area (Å²) in [5, 5.41) is 4.20. The summed E-state index contributed by atoms with van der Waals surface area (Å²) in [7, 11) is -3.21. The minimum atomic E-state index is -3.21. The van der Waals surface area contributed by atoms with Crippen molar-refractivity contribution >= 4 is 27.1 Å². The highest BCUT2D eigenvalue weighted by Crippen LogP contribution is 2.32. The number of carbonyl (C=O) groups excluding carboxylic acids is 1. The molecule has 1 unspecified atom stereocenters. The summed E-state index contributed by atoms with van der Waals surface area (Å²) < 4.78 is 25.0. The largest absolute Gasteiger partial charge is 0.346 e. The number of H-pyrrole nitrogens is 1. The van der Waals surface area contributed by atoms with Crippen molar-refractivity contribution in [1.82, 2.24) is 24.5 Å². The van der Waals surface area contributed by atoms with Gasteiger partial charge >= 0.3 is 6.03 Å². The molecule has 0 radical (unpaired) electrons. The Morgan fingerprint density at radius 3 is 2.79 bits per heavy atom. The molecule has 0 spiro atoms. The zero-order valence-corrected chi connectivity index (χ0v) is 16.9. The van der Waals surface area contributed by atoms with E-state index in [-0.39, 0.29) is 12.1 Å². The quantitative estimate of drug-likeness (QED) is 0.814. The van der Waals surface area contributed by atoms with Gasteiger partial charge in [0.25, 0.3) is 0 Å². The van der Waals surface area contributed by atoms with Crippen LogP contribution in [-0.4, -0.2) is 72.1 Å². The first-order valence-electron chi connectivity index (χ1n) is 9.84. The molecular formula is C19H27N5O3S. The minimum Gasteiger partial charge on any atom is -0.346 e. The zero-order chi connectivity index (χ0) is 19.7. The van der Waals surface area contributed by atoms with Crippen molar-refractivity contribution in [3.8, 4) is 0 Å². The van der Waals surface area contributed by atoms with Crippen LogP contribution in [0, 0.1) is 0 Å². The summed E-state index contributed by atoms with van der Waals surface area (Å²) in [4.78, 5) is 22.1. The normalized spacial score (nSPS) is 22.5. The number of carbonyl (C=O) groups is 1. The Hall–Kier alpha value is -2.13. The lowest BCUT2D eigenvalue weighted by atomic mass is 9.89. The average Bonchev–Trinajstić information content (AvgIpc) is 3.12. The Morgan fingerprint density at radius 1 is 1.25 bits per heavy atom. The summed E-state index contributed by atoms with van der Waals surface area (Å²) >= 11 is 0. The van der Waals surface area contributed by atoms with Gasteiger partial charge in [-0.2, -0.15) is 0 Å². The van der Waals surface area contributed by atoms with E-state index in [1.807, 2.05) is 17.2 Å². The van der Waals surface area contributed by atoms with Gasteiger partial charge in [-0.25, -0.2) is 22.5 Å². The average molecular weight is 406 g/mol. The number of rotatable bonds is 3. The number of hydrogen-bond donors (Lipinski definition) is 2. The van der Waals surface area contributed by atoms with Crippen molar-refractivity contribution < 1.29 is 13.2 Å². The van der Waals surface area contributed by atoms with Crippen LogP contribution in [0.1, 0.15) is 37.2 Å². The van der Waals surface area contributed by atoms with Crippen LogP contribution in [0.2, 0.25) is 0 Å². The molecule has 2 amide bonds. The van der Waals surface area contributed by atoms with E-state index < -0.39 is 10.0 Å². The summed E-state index contributed by atoms with van der Waals surface area (Å²) in [5.41, 5.74) is 2.18. The predicted molar refractivity (Wildman–Crippen MR) is 108 cm³/mol. The van der Waals surface area contributed by atoms with E-state index >= 15 is 0 Å². The fourth-order valence-corrected chi connectivity index (χ4v) is 5.25. The molecule has 2 fully saturated rings. The van der Waals surface area contributed by atoms with Gasteiger partial charge < -0.3 is 15.2 Å². The molecule has 4 heterocycles. The van der Waals surface area contributed by atoms with Crippen LogP contribution in [0.5, 0.6) is 0 Å². The van der Waals surface area contributed by atoms with E-state index in [9.17, 15) is 13.2 Å². The number of urea groups is 1. The van der Waals surface area contributed by atoms with Gasteiger partial charge in [-0.15, -0.1) is 0 Å². The standard InChI is InChI=1S/C19H27N5O3S/c1-28(26,27)24-9-3-4-15(13-24)22-19(25)23-10-6-14(7-11-23)17-12-21-18-16(17)5-2-8-20-18/h2,5,8,12,14-15H,3-4,6-7,9-11,13H2,1H3,(H,20,21)(H,22,25). The van der Waals surface area contributed by atoms with Crippen LogP contribution in [0.3, 0.4) is 0 Å². The highest BCUT2D eigenvalue weighted by atomic mass is 32.2. The Morgan fingerprint density at radius 2 is 2.04 bits per heavy atom. The first kappa shape index (κ1) is 19.2. The molecule has 2 saturated heterocycles. The molecule has 2 aliphatic rings. The lowest BCUT2D eigenvalue weighted by molar-refractivity contribution is 0.171. The van der Waals surface area contributed by atoms with Gasteiger partial charge in [0, 0.05) is 50.0 Å². The molecule has 0 aliphatic carbocycles. The van der Waals surface area contributed by atoms with E-state index in [1.165, 1.54) is 16.1 Å². The second-order valence-corrected chi connectivity index (χ2v) is 9.80. The van der Waals surface area contributed by atoms with Gasteiger partial charge in [-0.1, -0.05) is 0 Å². The zero-order valence-electron chi connectivity index (χ0n) is 16.1. The van der Waals surface area contributed by atoms with Crippen LogP contribution in [0.15, 0.2) is 24.5 Å². The van der Waals surface area contributed by atoms with Gasteiger partial charge in [0.2, 0.25) is 10.0 Å². The van der Waals surface area contributed by atoms with Gasteiger partial charge in [0.1, 0.15) is 5.65 Å². The van der Waals surface area contributed by atoms with Gasteiger partial charge in [0.15, 0.2) is 0 Å². The summed E-state index contributed by atoms with van der Waals surface area (Å²) in [5.74, 6) is 0.414. The summed E-state index contributed by atoms with van der Waals surface area (Å²) in [6, 6.07) is 3.84. The third-order valence-corrected chi connectivity index (χ3v) is 7.16. The van der Waals surface area contributed by atoms with Crippen LogP contribution < -0.4 is 5.32 Å². The van der Waals surface area contributed by atoms with Crippen molar-refractivity contribution in [2.45, 2.75) is 37.6 Å². The number of likely N-dealkylation sites (tertiary alicyclic amines) is 1. The number of aromatic amines is 1. The van der Waals surface area contributed by atoms with Crippen molar-refractivity contribution in [3.63, 3.8) is 0 Å². The third kappa shape index (κ3) is 4.00. The van der Waals surface area contributed by atoms with E-state index in [4.69, 9.17) is 0 Å². The Balaban J connectivity index is 1.33. The number of amides is 2. The molecular weight excluding hydrogens is 378 g/mol. The lowest BCUT2D eigenvalue weighted by Gasteiger charge is -2.35. The molecule has 8 nitrogen and oxygen atoms in total. The molecule has 9 heteroatoms. The highest BCUT2D eigenvalue weighted by molar-refractivity contribution is 7.88. The predicted octanol–water partition coefficient (Wildman–Crippen LogP) is 1.88. The number of aromatic nitrogens is 2. The van der Waals surface area contributed by atoms with Gasteiger partial charge in [0.05, 0.1) is 6.26 Å². The fraction of sp³-hybridized carbons (Fsp3) is 0.579. The Labute approximate surface area is 165 Å². The second kappa shape index (κ2) is 7.71. The van der Waals surface area contributed by atoms with Gasteiger partial charge in [-0.3, -0.25) is 0 Å². The van der Waals surface area contributed by atoms with Crippen molar-refractivity contribution in [3.05, 3.63) is 30.1 Å². The summed E-state index contributed by atoms with van der Waals surface area (Å²) in [6.45, 7) is 2.30. The molecule has 2 aromatic rings. The van der Waals surface area contributed by atoms with E-state index in [2.05, 4.69) is 21.4 Å². The monoisotopic (exact) mass is 405 g/mol. The van der Waals surface area contributed by atoms with Crippen LogP contribution >= 0.6 is 0 Å². The molecule has 2 aliphatic heterocycles. The first-order valence-corrected chi connectivity index (χ1v) is 11.7. The number of piperidine rings is 2. The third-order valence-electron chi connectivity index (χ3n) is 5.89. The molecule has 0 bridgehead atoms. The molecule has 4 rings (SSSR count). The van der Waals surface area contributed by atoms with E-state index in [0.717, 1.165) is 36.7 Å². The van der Waals surface area contributed by atoms with Gasteiger partial charge in [-0.05, 0) is 49.3 Å². The molecule has 2 aromatic heterocycles. The fourth-order valence-electron chi connectivity index (χ4n) is 4.34. The maximum Gasteiger partial charge on any atom is 0.317 e. The molecule has 0 saturated carbocycles. The Bertz CT molecular complexity index is 949. The number of fused-ring (bicyclic) bond motifs is 1. The molecule has 28 heavy (non-hydrogen) atoms. The number of nitrogens with zero attached hydrogens (tertiary/aromatic N) is 3. The first-order chi connectivity index (χ1) is 13.4. The highest BCUT2D eigenvalue weighted by Gasteiger charge is 2.30. The van der Waals surface area contributed by atoms with E-state index in [1.54, 1.807) is 6.20 Å². The number of hydrogen-bond acceptors (Lipinski definition) is 4. The smallest absolute Gasteiger partial charge is 0.317 e. The molecule has 0 aromatic carbocycles. The lowest BCUT2D eigenvalue weighted by Crippen LogP contribution is -2.53. The Kier molecular flexibility index (Phi) is 5.29. The molecule has 2 N–H and O–H groups in total. The van der Waals surface area contributed by atoms with Crippen LogP contribution in [0.4, 0.5) is 4.79 Å². The second-order valence-electron chi connectivity index (χ2n) is 7.81. The van der Waals surface area contributed by atoms with E-state index in [0.29, 0.717) is 32.1 Å². The van der Waals surface area contributed by atoms with Crippen molar-refractivity contribution in [2.24, 2.45) is 0 Å². The van der Waals surface area contributed by atoms with Crippen molar-refractivity contribution in [1.29, 1.82) is 0 Å². The molecule has 1 atom stereocenters. The minimum absolute atomic E-state index is 0.0839. The maximum atomic E-state index is 12.7. The topological polar surface area (TPSA) is 98.4 Å². The molecule has 152 valence electrons. The SMILES string of the molecule is CS(=O)(=O)N1CCCC(NC(=O)N2CCC(c3c[nH]c4ncccc34)CC2)C1. The van der Waals surface area contributed by atoms with Crippen molar-refractivity contribution in [2.75, 3.05) is 32.4 Å². The van der Waals surface area contributed by atoms with Crippen LogP contribution in [-0.2, 0) is 10.0 Å². The number of pyridine rings is 1. The van der Waals surface area contributed by atoms with Crippen LogP contribution in [0.25, 0.3) is 11.0 Å². The summed E-state index contributed by atoms with van der Waals surface area (Å²) in [6.07, 6.45) is 8.46.